The smallest absolute Gasteiger partial charge is 0.255 e. The summed E-state index contributed by atoms with van der Waals surface area (Å²) in [5.41, 5.74) is 3.66. The number of aromatic nitrogens is 3. The first kappa shape index (κ1) is 20.2. The topological polar surface area (TPSA) is 71.8 Å². The Morgan fingerprint density at radius 1 is 1.20 bits per heavy atom. The van der Waals surface area contributed by atoms with Crippen LogP contribution < -0.4 is 10.6 Å². The molecule has 0 fully saturated rings. The summed E-state index contributed by atoms with van der Waals surface area (Å²) in [5, 5.41) is 11.4. The molecule has 6 nitrogen and oxygen atoms in total. The molecule has 8 heteroatoms. The van der Waals surface area contributed by atoms with Crippen LogP contribution in [0.3, 0.4) is 0 Å². The van der Waals surface area contributed by atoms with Gasteiger partial charge in [0.15, 0.2) is 0 Å². The quantitative estimate of drug-likeness (QED) is 0.579. The molecule has 1 atom stereocenters. The number of hydrogen-bond donors (Lipinski definition) is 2. The van der Waals surface area contributed by atoms with E-state index in [-0.39, 0.29) is 11.7 Å². The third-order valence-electron chi connectivity index (χ3n) is 4.93. The molecule has 2 N–H and O–H groups in total. The van der Waals surface area contributed by atoms with Gasteiger partial charge in [-0.1, -0.05) is 49.0 Å². The predicted molar refractivity (Wildman–Crippen MR) is 117 cm³/mol. The van der Waals surface area contributed by atoms with Gasteiger partial charge in [0.25, 0.3) is 5.91 Å². The van der Waals surface area contributed by atoms with Crippen LogP contribution >= 0.6 is 11.8 Å². The minimum absolute atomic E-state index is 0.241. The van der Waals surface area contributed by atoms with Crippen molar-refractivity contribution in [2.75, 3.05) is 16.4 Å². The lowest BCUT2D eigenvalue weighted by atomic mass is 9.95. The van der Waals surface area contributed by atoms with Crippen LogP contribution in [0.5, 0.6) is 0 Å². The van der Waals surface area contributed by atoms with Crippen molar-refractivity contribution in [2.24, 2.45) is 0 Å². The maximum Gasteiger partial charge on any atom is 0.255 e. The fourth-order valence-corrected chi connectivity index (χ4v) is 4.03. The number of aryl methyl sites for hydroxylation is 1. The number of hydrogen-bond acceptors (Lipinski definition) is 5. The Kier molecular flexibility index (Phi) is 5.59. The van der Waals surface area contributed by atoms with Crippen molar-refractivity contribution in [1.82, 2.24) is 14.8 Å². The number of amides is 1. The average Bonchev–Trinajstić information content (AvgIpc) is 3.11. The van der Waals surface area contributed by atoms with Crippen molar-refractivity contribution in [1.29, 1.82) is 0 Å². The van der Waals surface area contributed by atoms with Crippen molar-refractivity contribution >= 4 is 29.3 Å². The number of halogens is 1. The summed E-state index contributed by atoms with van der Waals surface area (Å²) in [7, 11) is 0. The molecule has 0 saturated heterocycles. The molecule has 30 heavy (non-hydrogen) atoms. The highest BCUT2D eigenvalue weighted by atomic mass is 32.2. The lowest BCUT2D eigenvalue weighted by Gasteiger charge is -2.28. The summed E-state index contributed by atoms with van der Waals surface area (Å²) >= 11 is 1.52. The molecule has 154 valence electrons. The van der Waals surface area contributed by atoms with Crippen molar-refractivity contribution in [2.45, 2.75) is 32.0 Å². The number of rotatable bonds is 5. The lowest BCUT2D eigenvalue weighted by Crippen LogP contribution is -2.31. The second-order valence-corrected chi connectivity index (χ2v) is 8.21. The first-order valence-corrected chi connectivity index (χ1v) is 10.7. The highest BCUT2D eigenvalue weighted by molar-refractivity contribution is 7.99. The Hall–Kier alpha value is -3.13. The van der Waals surface area contributed by atoms with E-state index >= 15 is 0 Å². The van der Waals surface area contributed by atoms with Crippen LogP contribution in [-0.4, -0.2) is 26.4 Å². The van der Waals surface area contributed by atoms with E-state index in [1.807, 2.05) is 45.0 Å². The van der Waals surface area contributed by atoms with Crippen LogP contribution in [0.2, 0.25) is 0 Å². The lowest BCUT2D eigenvalue weighted by molar-refractivity contribution is -0.113. The van der Waals surface area contributed by atoms with Gasteiger partial charge >= 0.3 is 0 Å². The zero-order valence-corrected chi connectivity index (χ0v) is 17.8. The van der Waals surface area contributed by atoms with Gasteiger partial charge in [-0.25, -0.2) is 9.07 Å². The molecule has 0 aliphatic carbocycles. The SMILES string of the molecule is CCSc1nc2n(n1)[C@H](c1ccc(F)cc1)C(C(=O)Nc1ccccc1C)=C(C)N2. The van der Waals surface area contributed by atoms with Crippen LogP contribution in [0.15, 0.2) is 65.0 Å². The number of thioether (sulfide) groups is 1. The predicted octanol–water partition coefficient (Wildman–Crippen LogP) is 4.77. The molecule has 4 rings (SSSR count). The summed E-state index contributed by atoms with van der Waals surface area (Å²) in [6.07, 6.45) is 0. The maximum atomic E-state index is 13.6. The third kappa shape index (κ3) is 3.82. The van der Waals surface area contributed by atoms with Crippen LogP contribution in [0.1, 0.15) is 31.0 Å². The van der Waals surface area contributed by atoms with Crippen LogP contribution in [0.4, 0.5) is 16.0 Å². The second-order valence-electron chi connectivity index (χ2n) is 6.98. The van der Waals surface area contributed by atoms with E-state index in [0.29, 0.717) is 22.4 Å². The molecule has 1 aromatic heterocycles. The highest BCUT2D eigenvalue weighted by Crippen LogP contribution is 2.36. The Labute approximate surface area is 178 Å². The molecular formula is C22H22FN5OS. The summed E-state index contributed by atoms with van der Waals surface area (Å²) in [4.78, 5) is 17.9. The van der Waals surface area contributed by atoms with Gasteiger partial charge < -0.3 is 10.6 Å². The molecule has 0 spiro atoms. The van der Waals surface area contributed by atoms with Gasteiger partial charge in [-0.05, 0) is 48.9 Å². The third-order valence-corrected chi connectivity index (χ3v) is 5.65. The van der Waals surface area contributed by atoms with Crippen LogP contribution in [0.25, 0.3) is 0 Å². The summed E-state index contributed by atoms with van der Waals surface area (Å²) < 4.78 is 15.3. The number of fused-ring (bicyclic) bond motifs is 1. The fraction of sp³-hybridized carbons (Fsp3) is 0.227. The normalized spacial score (nSPS) is 15.5. The van der Waals surface area contributed by atoms with Gasteiger partial charge in [0, 0.05) is 11.4 Å². The minimum atomic E-state index is -0.524. The summed E-state index contributed by atoms with van der Waals surface area (Å²) in [6, 6.07) is 13.2. The van der Waals surface area contributed by atoms with E-state index in [9.17, 15) is 9.18 Å². The number of para-hydroxylation sites is 1. The monoisotopic (exact) mass is 423 g/mol. The molecular weight excluding hydrogens is 401 g/mol. The number of carbonyl (C=O) groups is 1. The molecule has 1 aliphatic heterocycles. The molecule has 0 saturated carbocycles. The van der Waals surface area contributed by atoms with E-state index in [2.05, 4.69) is 20.7 Å². The number of nitrogens with one attached hydrogen (secondary N) is 2. The largest absolute Gasteiger partial charge is 0.328 e. The van der Waals surface area contributed by atoms with Gasteiger partial charge in [-0.2, -0.15) is 4.98 Å². The molecule has 0 unspecified atom stereocenters. The van der Waals surface area contributed by atoms with Gasteiger partial charge in [-0.3, -0.25) is 4.79 Å². The number of benzene rings is 2. The highest BCUT2D eigenvalue weighted by Gasteiger charge is 2.34. The summed E-state index contributed by atoms with van der Waals surface area (Å²) in [6.45, 7) is 5.81. The Balaban J connectivity index is 1.78. The molecule has 0 bridgehead atoms. The Morgan fingerprint density at radius 3 is 2.63 bits per heavy atom. The van der Waals surface area contributed by atoms with Gasteiger partial charge in [0.2, 0.25) is 11.1 Å². The van der Waals surface area contributed by atoms with Crippen molar-refractivity contribution < 1.29 is 9.18 Å². The van der Waals surface area contributed by atoms with Crippen molar-refractivity contribution in [3.05, 3.63) is 76.7 Å². The molecule has 3 aromatic rings. The number of carbonyl (C=O) groups excluding carboxylic acids is 1. The second kappa shape index (κ2) is 8.31. The number of nitrogens with zero attached hydrogens (tertiary/aromatic N) is 3. The van der Waals surface area contributed by atoms with E-state index in [4.69, 9.17) is 0 Å². The summed E-state index contributed by atoms with van der Waals surface area (Å²) in [5.74, 6) is 0.817. The first-order valence-electron chi connectivity index (χ1n) is 9.67. The van der Waals surface area contributed by atoms with Crippen molar-refractivity contribution in [3.8, 4) is 0 Å². The standard InChI is InChI=1S/C22H22FN5OS/c1-4-30-22-26-21-24-14(3)18(20(29)25-17-8-6-5-7-13(17)2)19(28(21)27-22)15-9-11-16(23)12-10-15/h5-12,19H,4H2,1-3H3,(H,25,29)(H,24,26,27)/t19-/m1/s1. The van der Waals surface area contributed by atoms with Gasteiger partial charge in [0.1, 0.15) is 11.9 Å². The van der Waals surface area contributed by atoms with Gasteiger partial charge in [0.05, 0.1) is 5.57 Å². The number of allylic oxidation sites excluding steroid dienone is 1. The molecule has 2 aromatic carbocycles. The molecule has 1 aliphatic rings. The van der Waals surface area contributed by atoms with Crippen LogP contribution in [0, 0.1) is 12.7 Å². The molecule has 2 heterocycles. The Bertz CT molecular complexity index is 1120. The van der Waals surface area contributed by atoms with E-state index < -0.39 is 6.04 Å². The van der Waals surface area contributed by atoms with Crippen molar-refractivity contribution in [3.63, 3.8) is 0 Å². The molecule has 0 radical (unpaired) electrons. The zero-order chi connectivity index (χ0) is 21.3. The molecule has 1 amide bonds. The minimum Gasteiger partial charge on any atom is -0.328 e. The van der Waals surface area contributed by atoms with E-state index in [1.54, 1.807) is 16.8 Å². The van der Waals surface area contributed by atoms with Crippen LogP contribution in [-0.2, 0) is 4.79 Å². The average molecular weight is 424 g/mol. The number of anilines is 2. The zero-order valence-electron chi connectivity index (χ0n) is 16.9. The van der Waals surface area contributed by atoms with Gasteiger partial charge in [-0.15, -0.1) is 5.10 Å². The maximum absolute atomic E-state index is 13.6. The first-order chi connectivity index (χ1) is 14.5. The Morgan fingerprint density at radius 2 is 1.93 bits per heavy atom. The fourth-order valence-electron chi connectivity index (χ4n) is 3.47. The van der Waals surface area contributed by atoms with E-state index in [0.717, 1.165) is 22.6 Å². The van der Waals surface area contributed by atoms with E-state index in [1.165, 1.54) is 23.9 Å².